The second-order valence-corrected chi connectivity index (χ2v) is 5.79. The van der Waals surface area contributed by atoms with Gasteiger partial charge in [-0.2, -0.15) is 10.2 Å². The Morgan fingerprint density at radius 3 is 1.79 bits per heavy atom. The maximum atomic E-state index is 12.2. The number of nitrogens with one attached hydrogen (secondary N) is 2. The van der Waals surface area contributed by atoms with Crippen molar-refractivity contribution >= 4 is 28.9 Å². The average Bonchev–Trinajstić information content (AvgIpc) is 3.05. The van der Waals surface area contributed by atoms with Gasteiger partial charge in [0.15, 0.2) is 0 Å². The molecule has 0 aliphatic carbocycles. The van der Waals surface area contributed by atoms with Crippen LogP contribution in [0.2, 0.25) is 0 Å². The van der Waals surface area contributed by atoms with Crippen molar-refractivity contribution in [3.63, 3.8) is 0 Å². The molecule has 2 aliphatic rings. The van der Waals surface area contributed by atoms with Gasteiger partial charge in [-0.15, -0.1) is 0 Å². The molecule has 0 saturated carbocycles. The van der Waals surface area contributed by atoms with Crippen LogP contribution in [0, 0.1) is 22.0 Å². The van der Waals surface area contributed by atoms with Crippen LogP contribution in [-0.2, 0) is 9.59 Å². The molecule has 0 unspecified atom stereocenters. The van der Waals surface area contributed by atoms with Crippen LogP contribution in [0.15, 0.2) is 34.5 Å². The van der Waals surface area contributed by atoms with Crippen molar-refractivity contribution in [2.45, 2.75) is 19.8 Å². The molecule has 1 aromatic rings. The highest BCUT2D eigenvalue weighted by Gasteiger charge is 2.45. The summed E-state index contributed by atoms with van der Waals surface area (Å²) in [6, 6.07) is 5.86. The van der Waals surface area contributed by atoms with Gasteiger partial charge in [-0.25, -0.2) is 10.9 Å². The van der Waals surface area contributed by atoms with Gasteiger partial charge in [0.1, 0.15) is 0 Å². The molecule has 2 heterocycles. The Kier molecular flexibility index (Phi) is 3.84. The molecule has 0 aromatic heterocycles. The SMILES string of the molecule is CC1=NNC(=O)[C@@H]1C(c1ccc([N+](=O)[O-])cc1)[C@H]1C(=O)NN=C1C. The Morgan fingerprint density at radius 1 is 1.00 bits per heavy atom. The van der Waals surface area contributed by atoms with E-state index >= 15 is 0 Å². The molecule has 0 bridgehead atoms. The molecule has 0 spiro atoms. The maximum absolute atomic E-state index is 12.2. The molecule has 2 atom stereocenters. The molecular formula is C15H15N5O4. The number of non-ortho nitro benzene ring substituents is 1. The molecule has 3 rings (SSSR count). The van der Waals surface area contributed by atoms with E-state index in [0.29, 0.717) is 17.0 Å². The van der Waals surface area contributed by atoms with E-state index in [0.717, 1.165) is 0 Å². The van der Waals surface area contributed by atoms with Gasteiger partial charge in [-0.1, -0.05) is 12.1 Å². The maximum Gasteiger partial charge on any atom is 0.269 e. The summed E-state index contributed by atoms with van der Waals surface area (Å²) in [5.41, 5.74) is 6.57. The van der Waals surface area contributed by atoms with E-state index in [1.807, 2.05) is 0 Å². The van der Waals surface area contributed by atoms with Crippen LogP contribution in [0.4, 0.5) is 5.69 Å². The first-order chi connectivity index (χ1) is 11.4. The van der Waals surface area contributed by atoms with Crippen molar-refractivity contribution in [2.24, 2.45) is 22.0 Å². The Hall–Kier alpha value is -3.10. The zero-order valence-electron chi connectivity index (χ0n) is 13.0. The predicted octanol–water partition coefficient (Wildman–Crippen LogP) is 0.922. The second kappa shape index (κ2) is 5.84. The number of benzene rings is 1. The second-order valence-electron chi connectivity index (χ2n) is 5.79. The lowest BCUT2D eigenvalue weighted by Gasteiger charge is -2.26. The Labute approximate surface area is 137 Å². The van der Waals surface area contributed by atoms with Gasteiger partial charge in [0.25, 0.3) is 5.69 Å². The van der Waals surface area contributed by atoms with E-state index in [-0.39, 0.29) is 17.5 Å². The number of nitrogens with zero attached hydrogens (tertiary/aromatic N) is 3. The summed E-state index contributed by atoms with van der Waals surface area (Å²) in [4.78, 5) is 34.8. The summed E-state index contributed by atoms with van der Waals surface area (Å²) in [6.07, 6.45) is 0. The zero-order valence-corrected chi connectivity index (χ0v) is 13.0. The molecule has 0 radical (unpaired) electrons. The minimum atomic E-state index is -0.634. The highest BCUT2D eigenvalue weighted by molar-refractivity contribution is 6.12. The highest BCUT2D eigenvalue weighted by atomic mass is 16.6. The van der Waals surface area contributed by atoms with E-state index in [4.69, 9.17) is 0 Å². The molecule has 2 N–H and O–H groups in total. The third-order valence-electron chi connectivity index (χ3n) is 4.36. The zero-order chi connectivity index (χ0) is 17.4. The van der Waals surface area contributed by atoms with E-state index < -0.39 is 22.7 Å². The quantitative estimate of drug-likeness (QED) is 0.629. The molecule has 9 nitrogen and oxygen atoms in total. The molecule has 0 fully saturated rings. The van der Waals surface area contributed by atoms with Crippen molar-refractivity contribution in [1.29, 1.82) is 0 Å². The minimum Gasteiger partial charge on any atom is -0.272 e. The number of rotatable bonds is 4. The van der Waals surface area contributed by atoms with E-state index in [2.05, 4.69) is 21.1 Å². The normalized spacial score (nSPS) is 23.0. The Bertz CT molecular complexity index is 746. The molecule has 9 heteroatoms. The summed E-state index contributed by atoms with van der Waals surface area (Å²) < 4.78 is 0. The number of amides is 2. The van der Waals surface area contributed by atoms with Crippen molar-refractivity contribution in [3.05, 3.63) is 39.9 Å². The lowest BCUT2D eigenvalue weighted by Crippen LogP contribution is -2.38. The van der Waals surface area contributed by atoms with Crippen molar-refractivity contribution < 1.29 is 14.5 Å². The van der Waals surface area contributed by atoms with Gasteiger partial charge >= 0.3 is 0 Å². The largest absolute Gasteiger partial charge is 0.272 e. The van der Waals surface area contributed by atoms with Crippen molar-refractivity contribution in [3.8, 4) is 0 Å². The number of nitro groups is 1. The number of nitro benzene ring substituents is 1. The fourth-order valence-electron chi connectivity index (χ4n) is 3.19. The van der Waals surface area contributed by atoms with Crippen LogP contribution in [0.25, 0.3) is 0 Å². The monoisotopic (exact) mass is 329 g/mol. The van der Waals surface area contributed by atoms with Crippen LogP contribution in [0.1, 0.15) is 25.3 Å². The van der Waals surface area contributed by atoms with Crippen molar-refractivity contribution in [1.82, 2.24) is 10.9 Å². The first kappa shape index (κ1) is 15.8. The summed E-state index contributed by atoms with van der Waals surface area (Å²) in [5, 5.41) is 18.7. The molecule has 0 saturated heterocycles. The molecule has 24 heavy (non-hydrogen) atoms. The van der Waals surface area contributed by atoms with Gasteiger partial charge < -0.3 is 0 Å². The van der Waals surface area contributed by atoms with Gasteiger partial charge in [0.2, 0.25) is 11.8 Å². The number of hydrogen-bond donors (Lipinski definition) is 2. The van der Waals surface area contributed by atoms with E-state index in [9.17, 15) is 19.7 Å². The van der Waals surface area contributed by atoms with Crippen LogP contribution >= 0.6 is 0 Å². The van der Waals surface area contributed by atoms with Gasteiger partial charge in [0, 0.05) is 29.5 Å². The summed E-state index contributed by atoms with van der Waals surface area (Å²) >= 11 is 0. The number of hydrogen-bond acceptors (Lipinski definition) is 6. The lowest BCUT2D eigenvalue weighted by atomic mass is 9.73. The first-order valence-electron chi connectivity index (χ1n) is 7.32. The number of carbonyl (C=O) groups is 2. The fourth-order valence-corrected chi connectivity index (χ4v) is 3.19. The Balaban J connectivity index is 2.07. The number of hydrazone groups is 2. The predicted molar refractivity (Wildman–Crippen MR) is 85.3 cm³/mol. The molecule has 1 aromatic carbocycles. The lowest BCUT2D eigenvalue weighted by molar-refractivity contribution is -0.384. The highest BCUT2D eigenvalue weighted by Crippen LogP contribution is 2.38. The smallest absolute Gasteiger partial charge is 0.269 e. The summed E-state index contributed by atoms with van der Waals surface area (Å²) in [5.74, 6) is -2.41. The van der Waals surface area contributed by atoms with Crippen LogP contribution < -0.4 is 10.9 Å². The molecule has 2 amide bonds. The van der Waals surface area contributed by atoms with Crippen molar-refractivity contribution in [2.75, 3.05) is 0 Å². The standard InChI is InChI=1S/C15H15N5O4/c1-7-11(14(21)18-16-7)13(12-8(2)17-19-15(12)22)9-3-5-10(6-4-9)20(23)24/h3-6,11-13H,1-2H3,(H,18,21)(H,19,22)/t11-,12-/m0/s1. The van der Waals surface area contributed by atoms with Gasteiger partial charge in [-0.05, 0) is 19.4 Å². The van der Waals surface area contributed by atoms with Crippen LogP contribution in [-0.4, -0.2) is 28.2 Å². The summed E-state index contributed by atoms with van der Waals surface area (Å²) in [6.45, 7) is 3.42. The summed E-state index contributed by atoms with van der Waals surface area (Å²) in [7, 11) is 0. The molecular weight excluding hydrogens is 314 g/mol. The number of carbonyl (C=O) groups excluding carboxylic acids is 2. The van der Waals surface area contributed by atoms with Crippen LogP contribution in [0.3, 0.4) is 0 Å². The third kappa shape index (κ3) is 2.53. The third-order valence-corrected chi connectivity index (χ3v) is 4.36. The molecule has 2 aliphatic heterocycles. The fraction of sp³-hybridized carbons (Fsp3) is 0.333. The van der Waals surface area contributed by atoms with Gasteiger partial charge in [0.05, 0.1) is 16.8 Å². The topological polar surface area (TPSA) is 126 Å². The van der Waals surface area contributed by atoms with Crippen LogP contribution in [0.5, 0.6) is 0 Å². The molecule has 124 valence electrons. The minimum absolute atomic E-state index is 0.0555. The first-order valence-corrected chi connectivity index (χ1v) is 7.32. The Morgan fingerprint density at radius 2 is 1.46 bits per heavy atom. The van der Waals surface area contributed by atoms with Gasteiger partial charge in [-0.3, -0.25) is 19.7 Å². The average molecular weight is 329 g/mol. The van der Waals surface area contributed by atoms with E-state index in [1.54, 1.807) is 26.0 Å². The van der Waals surface area contributed by atoms with E-state index in [1.165, 1.54) is 12.1 Å².